The summed E-state index contributed by atoms with van der Waals surface area (Å²) >= 11 is 3.34. The number of halogens is 1. The summed E-state index contributed by atoms with van der Waals surface area (Å²) < 4.78 is 1.02. The Morgan fingerprint density at radius 1 is 1.43 bits per heavy atom. The lowest BCUT2D eigenvalue weighted by Gasteiger charge is -2.07. The molecule has 1 aromatic rings. The predicted molar refractivity (Wildman–Crippen MR) is 61.1 cm³/mol. The molecule has 0 aliphatic carbocycles. The Hall–Kier alpha value is -0.670. The molecule has 0 radical (unpaired) electrons. The van der Waals surface area contributed by atoms with Crippen molar-refractivity contribution in [2.75, 3.05) is 0 Å². The first-order chi connectivity index (χ1) is 6.63. The molecule has 1 unspecified atom stereocenters. The maximum Gasteiger partial charge on any atom is 0.153 e. The van der Waals surface area contributed by atoms with Gasteiger partial charge in [-0.2, -0.15) is 0 Å². The molecule has 1 rings (SSSR count). The van der Waals surface area contributed by atoms with Crippen molar-refractivity contribution in [1.29, 1.82) is 0 Å². The summed E-state index contributed by atoms with van der Waals surface area (Å²) in [4.78, 5) is 11.5. The number of Topliss-reactive ketones (excluding diaryl/α,β-unsaturated/α-hetero) is 1. The van der Waals surface area contributed by atoms with Gasteiger partial charge >= 0.3 is 0 Å². The van der Waals surface area contributed by atoms with Crippen LogP contribution in [0.1, 0.15) is 18.9 Å². The van der Waals surface area contributed by atoms with Crippen molar-refractivity contribution in [2.45, 2.75) is 25.8 Å². The van der Waals surface area contributed by atoms with Crippen molar-refractivity contribution in [3.8, 4) is 0 Å². The first kappa shape index (κ1) is 11.4. The molecule has 1 atom stereocenters. The predicted octanol–water partition coefficient (Wildman–Crippen LogP) is 2.30. The fourth-order valence-electron chi connectivity index (χ4n) is 1.16. The third kappa shape index (κ3) is 3.24. The molecule has 0 saturated carbocycles. The lowest BCUT2D eigenvalue weighted by atomic mass is 10.0. The van der Waals surface area contributed by atoms with Crippen LogP contribution in [-0.2, 0) is 11.2 Å². The minimum Gasteiger partial charge on any atom is -0.322 e. The quantitative estimate of drug-likeness (QED) is 0.898. The first-order valence-electron chi connectivity index (χ1n) is 4.66. The molecule has 0 spiro atoms. The molecule has 3 heteroatoms. The second kappa shape index (κ2) is 5.27. The fourth-order valence-corrected chi connectivity index (χ4v) is 1.43. The van der Waals surface area contributed by atoms with E-state index in [9.17, 15) is 4.79 Å². The number of hydrogen-bond acceptors (Lipinski definition) is 2. The van der Waals surface area contributed by atoms with Crippen LogP contribution in [-0.4, -0.2) is 11.8 Å². The van der Waals surface area contributed by atoms with E-state index in [1.54, 1.807) is 0 Å². The highest BCUT2D eigenvalue weighted by molar-refractivity contribution is 9.10. The summed E-state index contributed by atoms with van der Waals surface area (Å²) in [5.74, 6) is 0.106. The zero-order valence-corrected chi connectivity index (χ0v) is 9.75. The minimum atomic E-state index is -0.321. The Kier molecular flexibility index (Phi) is 4.29. The van der Waals surface area contributed by atoms with E-state index in [0.29, 0.717) is 12.8 Å². The number of ketones is 1. The van der Waals surface area contributed by atoms with E-state index >= 15 is 0 Å². The van der Waals surface area contributed by atoms with Crippen LogP contribution in [0.25, 0.3) is 0 Å². The standard InChI is InChI=1S/C11H14BrNO/c1-2-10(13)11(14)7-8-3-5-9(12)6-4-8/h3-6,10H,2,7,13H2,1H3. The number of nitrogens with two attached hydrogens (primary N) is 1. The minimum absolute atomic E-state index is 0.106. The molecule has 0 heterocycles. The number of rotatable bonds is 4. The number of carbonyl (C=O) groups excluding carboxylic acids is 1. The van der Waals surface area contributed by atoms with Gasteiger partial charge in [0.1, 0.15) is 0 Å². The molecule has 0 aliphatic rings. The molecule has 14 heavy (non-hydrogen) atoms. The average Bonchev–Trinajstić information content (AvgIpc) is 2.20. The van der Waals surface area contributed by atoms with E-state index in [0.717, 1.165) is 10.0 Å². The molecular weight excluding hydrogens is 242 g/mol. The summed E-state index contributed by atoms with van der Waals surface area (Å²) in [5.41, 5.74) is 6.65. The van der Waals surface area contributed by atoms with Crippen LogP contribution in [0.15, 0.2) is 28.7 Å². The van der Waals surface area contributed by atoms with Gasteiger partial charge in [-0.3, -0.25) is 4.79 Å². The Bertz CT molecular complexity index is 308. The maximum atomic E-state index is 11.5. The number of benzene rings is 1. The molecule has 0 bridgehead atoms. The van der Waals surface area contributed by atoms with Crippen molar-refractivity contribution in [1.82, 2.24) is 0 Å². The molecule has 0 amide bonds. The van der Waals surface area contributed by atoms with Gasteiger partial charge in [-0.05, 0) is 24.1 Å². The molecule has 76 valence electrons. The second-order valence-electron chi connectivity index (χ2n) is 3.28. The topological polar surface area (TPSA) is 43.1 Å². The van der Waals surface area contributed by atoms with Crippen molar-refractivity contribution in [2.24, 2.45) is 5.73 Å². The highest BCUT2D eigenvalue weighted by Gasteiger charge is 2.11. The summed E-state index contributed by atoms with van der Waals surface area (Å²) in [6.07, 6.45) is 1.14. The zero-order chi connectivity index (χ0) is 10.6. The van der Waals surface area contributed by atoms with Gasteiger partial charge in [0.25, 0.3) is 0 Å². The van der Waals surface area contributed by atoms with Gasteiger partial charge in [-0.1, -0.05) is 35.0 Å². The highest BCUT2D eigenvalue weighted by atomic mass is 79.9. The van der Waals surface area contributed by atoms with Crippen molar-refractivity contribution in [3.63, 3.8) is 0 Å². The van der Waals surface area contributed by atoms with Gasteiger partial charge in [-0.15, -0.1) is 0 Å². The summed E-state index contributed by atoms with van der Waals surface area (Å²) in [5, 5.41) is 0. The van der Waals surface area contributed by atoms with Crippen LogP contribution in [0.2, 0.25) is 0 Å². The van der Waals surface area contributed by atoms with E-state index in [1.807, 2.05) is 31.2 Å². The van der Waals surface area contributed by atoms with Gasteiger partial charge in [-0.25, -0.2) is 0 Å². The van der Waals surface area contributed by atoms with Gasteiger partial charge in [0.05, 0.1) is 6.04 Å². The summed E-state index contributed by atoms with van der Waals surface area (Å²) in [7, 11) is 0. The Balaban J connectivity index is 2.60. The van der Waals surface area contributed by atoms with E-state index < -0.39 is 0 Å². The SMILES string of the molecule is CCC(N)C(=O)Cc1ccc(Br)cc1. The molecule has 2 N–H and O–H groups in total. The van der Waals surface area contributed by atoms with E-state index in [1.165, 1.54) is 0 Å². The van der Waals surface area contributed by atoms with E-state index in [2.05, 4.69) is 15.9 Å². The third-order valence-electron chi connectivity index (χ3n) is 2.15. The van der Waals surface area contributed by atoms with E-state index in [4.69, 9.17) is 5.73 Å². The number of carbonyl (C=O) groups is 1. The van der Waals surface area contributed by atoms with Crippen LogP contribution in [0, 0.1) is 0 Å². The monoisotopic (exact) mass is 255 g/mol. The molecular formula is C11H14BrNO. The molecule has 0 fully saturated rings. The Morgan fingerprint density at radius 3 is 2.50 bits per heavy atom. The molecule has 0 aliphatic heterocycles. The second-order valence-corrected chi connectivity index (χ2v) is 4.20. The third-order valence-corrected chi connectivity index (χ3v) is 2.67. The molecule has 0 saturated heterocycles. The largest absolute Gasteiger partial charge is 0.322 e. The Morgan fingerprint density at radius 2 is 2.00 bits per heavy atom. The average molecular weight is 256 g/mol. The van der Waals surface area contributed by atoms with Crippen LogP contribution in [0.3, 0.4) is 0 Å². The van der Waals surface area contributed by atoms with Gasteiger partial charge in [0, 0.05) is 10.9 Å². The van der Waals surface area contributed by atoms with Crippen molar-refractivity contribution in [3.05, 3.63) is 34.3 Å². The van der Waals surface area contributed by atoms with Gasteiger partial charge < -0.3 is 5.73 Å². The molecule has 1 aromatic carbocycles. The molecule has 0 aromatic heterocycles. The lowest BCUT2D eigenvalue weighted by molar-refractivity contribution is -0.119. The lowest BCUT2D eigenvalue weighted by Crippen LogP contribution is -2.30. The van der Waals surface area contributed by atoms with Gasteiger partial charge in [0.15, 0.2) is 5.78 Å². The van der Waals surface area contributed by atoms with Crippen molar-refractivity contribution >= 4 is 21.7 Å². The maximum absolute atomic E-state index is 11.5. The van der Waals surface area contributed by atoms with Crippen LogP contribution < -0.4 is 5.73 Å². The summed E-state index contributed by atoms with van der Waals surface area (Å²) in [6.45, 7) is 1.92. The first-order valence-corrected chi connectivity index (χ1v) is 5.45. The van der Waals surface area contributed by atoms with Crippen LogP contribution >= 0.6 is 15.9 Å². The van der Waals surface area contributed by atoms with Crippen LogP contribution in [0.5, 0.6) is 0 Å². The highest BCUT2D eigenvalue weighted by Crippen LogP contribution is 2.11. The normalized spacial score (nSPS) is 12.5. The smallest absolute Gasteiger partial charge is 0.153 e. The zero-order valence-electron chi connectivity index (χ0n) is 8.16. The molecule has 2 nitrogen and oxygen atoms in total. The fraction of sp³-hybridized carbons (Fsp3) is 0.364. The number of hydrogen-bond donors (Lipinski definition) is 1. The van der Waals surface area contributed by atoms with Crippen molar-refractivity contribution < 1.29 is 4.79 Å². The summed E-state index contributed by atoms with van der Waals surface area (Å²) in [6, 6.07) is 7.41. The van der Waals surface area contributed by atoms with Crippen LogP contribution in [0.4, 0.5) is 0 Å². The Labute approximate surface area is 92.6 Å². The van der Waals surface area contributed by atoms with Gasteiger partial charge in [0.2, 0.25) is 0 Å². The van der Waals surface area contributed by atoms with E-state index in [-0.39, 0.29) is 11.8 Å².